The number of halogens is 1. The van der Waals surface area contributed by atoms with Gasteiger partial charge in [0.25, 0.3) is 5.91 Å². The van der Waals surface area contributed by atoms with E-state index in [1.54, 1.807) is 48.7 Å². The first kappa shape index (κ1) is 24.2. The van der Waals surface area contributed by atoms with Crippen LogP contribution >= 0.6 is 0 Å². The number of nitrogens with one attached hydrogen (secondary N) is 1. The molecule has 0 bridgehead atoms. The second-order valence-electron chi connectivity index (χ2n) is 8.92. The Bertz CT molecular complexity index is 1390. The van der Waals surface area contributed by atoms with E-state index in [9.17, 15) is 14.0 Å². The molecule has 1 N–H and O–H groups in total. The highest BCUT2D eigenvalue weighted by Crippen LogP contribution is 2.44. The lowest BCUT2D eigenvalue weighted by Crippen LogP contribution is -2.47. The summed E-state index contributed by atoms with van der Waals surface area (Å²) in [6.07, 6.45) is 3.39. The van der Waals surface area contributed by atoms with Gasteiger partial charge in [0.1, 0.15) is 11.6 Å². The fourth-order valence-electron chi connectivity index (χ4n) is 4.81. The Kier molecular flexibility index (Phi) is 6.94. The smallest absolute Gasteiger partial charge is 0.255 e. The van der Waals surface area contributed by atoms with E-state index in [0.29, 0.717) is 23.4 Å². The Balaban J connectivity index is 1.58. The van der Waals surface area contributed by atoms with Crippen molar-refractivity contribution in [3.05, 3.63) is 131 Å². The number of hydrogen-bond acceptors (Lipinski definition) is 4. The Morgan fingerprint density at radius 1 is 0.973 bits per heavy atom. The molecule has 6 nitrogen and oxygen atoms in total. The van der Waals surface area contributed by atoms with Crippen molar-refractivity contribution in [1.82, 2.24) is 15.2 Å². The van der Waals surface area contributed by atoms with Gasteiger partial charge in [-0.25, -0.2) is 4.39 Å². The van der Waals surface area contributed by atoms with Gasteiger partial charge in [-0.1, -0.05) is 48.5 Å². The average Bonchev–Trinajstić information content (AvgIpc) is 2.95. The van der Waals surface area contributed by atoms with E-state index in [2.05, 4.69) is 10.3 Å². The summed E-state index contributed by atoms with van der Waals surface area (Å²) in [6, 6.07) is 23.8. The number of nitrogens with zero attached hydrogens (tertiary/aromatic N) is 2. The molecule has 7 heteroatoms. The normalized spacial score (nSPS) is 16.7. The minimum Gasteiger partial charge on any atom is -0.497 e. The molecule has 2 amide bonds. The Morgan fingerprint density at radius 2 is 1.73 bits per heavy atom. The maximum Gasteiger partial charge on any atom is 0.255 e. The number of pyridine rings is 1. The summed E-state index contributed by atoms with van der Waals surface area (Å²) in [4.78, 5) is 33.5. The van der Waals surface area contributed by atoms with Crippen LogP contribution in [0.3, 0.4) is 0 Å². The first-order chi connectivity index (χ1) is 18.0. The molecule has 5 rings (SSSR count). The van der Waals surface area contributed by atoms with Gasteiger partial charge in [0.2, 0.25) is 5.91 Å². The van der Waals surface area contributed by atoms with Crippen LogP contribution in [0.2, 0.25) is 0 Å². The number of benzene rings is 3. The minimum absolute atomic E-state index is 0.183. The molecular weight excluding hydrogens is 469 g/mol. The maximum atomic E-state index is 13.8. The van der Waals surface area contributed by atoms with Crippen LogP contribution in [0, 0.1) is 5.82 Å². The summed E-state index contributed by atoms with van der Waals surface area (Å²) in [5, 5.41) is 3.05. The molecule has 0 spiro atoms. The van der Waals surface area contributed by atoms with Crippen molar-refractivity contribution in [2.24, 2.45) is 0 Å². The van der Waals surface area contributed by atoms with Crippen molar-refractivity contribution < 1.29 is 18.7 Å². The highest BCUT2D eigenvalue weighted by molar-refractivity contribution is 6.01. The summed E-state index contributed by atoms with van der Waals surface area (Å²) in [5.74, 6) is -0.724. The van der Waals surface area contributed by atoms with Gasteiger partial charge in [0, 0.05) is 31.0 Å². The molecule has 1 aromatic heterocycles. The molecule has 1 aliphatic rings. The number of fused-ring (bicyclic) bond motifs is 1. The first-order valence-corrected chi connectivity index (χ1v) is 12.0. The lowest BCUT2D eigenvalue weighted by molar-refractivity contribution is -0.124. The summed E-state index contributed by atoms with van der Waals surface area (Å²) < 4.78 is 18.9. The third-order valence-electron chi connectivity index (χ3n) is 6.63. The number of rotatable bonds is 7. The van der Waals surface area contributed by atoms with Gasteiger partial charge >= 0.3 is 0 Å². The average molecular weight is 496 g/mol. The lowest BCUT2D eigenvalue weighted by Gasteiger charge is -2.42. The lowest BCUT2D eigenvalue weighted by atomic mass is 9.79. The number of methoxy groups -OCH3 is 1. The van der Waals surface area contributed by atoms with Crippen LogP contribution in [0.25, 0.3) is 0 Å². The summed E-state index contributed by atoms with van der Waals surface area (Å²) >= 11 is 0. The van der Waals surface area contributed by atoms with Crippen LogP contribution in [0.4, 0.5) is 4.39 Å². The second kappa shape index (κ2) is 10.6. The van der Waals surface area contributed by atoms with Crippen molar-refractivity contribution in [1.29, 1.82) is 0 Å². The number of amides is 2. The van der Waals surface area contributed by atoms with Gasteiger partial charge in [-0.15, -0.1) is 0 Å². The second-order valence-corrected chi connectivity index (χ2v) is 8.92. The molecule has 0 radical (unpaired) electrons. The van der Waals surface area contributed by atoms with E-state index in [1.165, 1.54) is 12.1 Å². The largest absolute Gasteiger partial charge is 0.497 e. The van der Waals surface area contributed by atoms with Crippen LogP contribution in [0.15, 0.2) is 97.3 Å². The molecule has 0 aliphatic carbocycles. The van der Waals surface area contributed by atoms with Gasteiger partial charge in [0.05, 0.1) is 19.1 Å². The zero-order chi connectivity index (χ0) is 25.8. The molecule has 0 unspecified atom stereocenters. The third kappa shape index (κ3) is 5.07. The van der Waals surface area contributed by atoms with E-state index < -0.39 is 12.0 Å². The summed E-state index contributed by atoms with van der Waals surface area (Å²) in [5.41, 5.74) is 3.60. The Hall–Kier alpha value is -4.52. The van der Waals surface area contributed by atoms with Crippen LogP contribution in [-0.4, -0.2) is 28.8 Å². The van der Waals surface area contributed by atoms with Gasteiger partial charge in [0.15, 0.2) is 0 Å². The molecule has 0 fully saturated rings. The number of carbonyl (C=O) groups excluding carboxylic acids is 2. The molecule has 37 heavy (non-hydrogen) atoms. The maximum absolute atomic E-state index is 13.8. The molecule has 1 aliphatic heterocycles. The third-order valence-corrected chi connectivity index (χ3v) is 6.63. The number of aromatic nitrogens is 1. The Labute approximate surface area is 214 Å². The van der Waals surface area contributed by atoms with Crippen molar-refractivity contribution in [2.75, 3.05) is 7.11 Å². The van der Waals surface area contributed by atoms with Crippen molar-refractivity contribution in [3.63, 3.8) is 0 Å². The number of hydrogen-bond donors (Lipinski definition) is 1. The fraction of sp³-hybridized carbons (Fsp3) is 0.167. The van der Waals surface area contributed by atoms with E-state index >= 15 is 0 Å². The van der Waals surface area contributed by atoms with Gasteiger partial charge in [-0.2, -0.15) is 0 Å². The van der Waals surface area contributed by atoms with Crippen LogP contribution in [0.5, 0.6) is 5.75 Å². The molecule has 4 aromatic rings. The molecular formula is C30H26FN3O3. The van der Waals surface area contributed by atoms with Crippen molar-refractivity contribution >= 4 is 11.8 Å². The van der Waals surface area contributed by atoms with E-state index in [1.807, 2.05) is 48.5 Å². The molecule has 3 aromatic carbocycles. The Morgan fingerprint density at radius 3 is 2.43 bits per heavy atom. The minimum atomic E-state index is -0.667. The van der Waals surface area contributed by atoms with Gasteiger partial charge in [-0.3, -0.25) is 14.6 Å². The summed E-state index contributed by atoms with van der Waals surface area (Å²) in [7, 11) is 1.59. The van der Waals surface area contributed by atoms with Crippen LogP contribution in [0.1, 0.15) is 44.6 Å². The molecule has 186 valence electrons. The quantitative estimate of drug-likeness (QED) is 0.391. The SMILES string of the molecule is COc1ccc([C@@H]2[C@@H](C(=O)NCc3cccnc3)c3ccccc3C(=O)N2Cc2ccc(F)cc2)cc1. The van der Waals surface area contributed by atoms with Gasteiger partial charge in [-0.05, 0) is 58.7 Å². The zero-order valence-corrected chi connectivity index (χ0v) is 20.3. The first-order valence-electron chi connectivity index (χ1n) is 12.0. The molecule has 2 atom stereocenters. The zero-order valence-electron chi connectivity index (χ0n) is 20.3. The molecule has 0 saturated heterocycles. The van der Waals surface area contributed by atoms with E-state index in [-0.39, 0.29) is 24.2 Å². The van der Waals surface area contributed by atoms with Crippen LogP contribution in [-0.2, 0) is 17.9 Å². The standard InChI is InChI=1S/C30H26FN3O3/c1-37-24-14-10-22(11-15-24)28-27(29(35)33-18-21-5-4-16-32-17-21)25-6-2-3-7-26(25)30(36)34(28)19-20-8-12-23(31)13-9-20/h2-17,27-28H,18-19H2,1H3,(H,33,35)/t27-,28+/m0/s1. The topological polar surface area (TPSA) is 71.5 Å². The number of ether oxygens (including phenoxy) is 1. The highest BCUT2D eigenvalue weighted by atomic mass is 19.1. The van der Waals surface area contributed by atoms with E-state index in [0.717, 1.165) is 16.7 Å². The van der Waals surface area contributed by atoms with Crippen LogP contribution < -0.4 is 10.1 Å². The molecule has 2 heterocycles. The predicted octanol–water partition coefficient (Wildman–Crippen LogP) is 5.03. The number of carbonyl (C=O) groups is 2. The monoisotopic (exact) mass is 495 g/mol. The highest BCUT2D eigenvalue weighted by Gasteiger charge is 2.44. The van der Waals surface area contributed by atoms with Crippen molar-refractivity contribution in [2.45, 2.75) is 25.0 Å². The fourth-order valence-corrected chi connectivity index (χ4v) is 4.81. The van der Waals surface area contributed by atoms with Crippen molar-refractivity contribution in [3.8, 4) is 5.75 Å². The van der Waals surface area contributed by atoms with Gasteiger partial charge < -0.3 is 15.0 Å². The van der Waals surface area contributed by atoms with E-state index in [4.69, 9.17) is 4.74 Å². The predicted molar refractivity (Wildman–Crippen MR) is 137 cm³/mol. The summed E-state index contributed by atoms with van der Waals surface area (Å²) in [6.45, 7) is 0.531. The molecule has 0 saturated carbocycles.